The molecule has 14 heavy (non-hydrogen) atoms. The van der Waals surface area contributed by atoms with Crippen LogP contribution in [0.15, 0.2) is 0 Å². The maximum Gasteiger partial charge on any atom is 0.000516 e. The maximum absolute atomic E-state index is 3.67. The molecule has 0 aliphatic heterocycles. The molecule has 0 atom stereocenters. The Labute approximate surface area is 88.7 Å². The molecule has 0 bridgehead atoms. The molecule has 0 aromatic rings. The molecule has 2 rings (SSSR count). The zero-order chi connectivity index (χ0) is 9.86. The van der Waals surface area contributed by atoms with Gasteiger partial charge in [-0.25, -0.2) is 0 Å². The summed E-state index contributed by atoms with van der Waals surface area (Å²) >= 11 is 0. The summed E-state index contributed by atoms with van der Waals surface area (Å²) in [5.74, 6) is 1.08. The first-order valence-electron chi connectivity index (χ1n) is 6.49. The lowest BCUT2D eigenvalue weighted by Gasteiger charge is -2.33. The third kappa shape index (κ3) is 3.27. The van der Waals surface area contributed by atoms with Crippen molar-refractivity contribution in [2.45, 2.75) is 58.3 Å². The predicted octanol–water partition coefficient (Wildman–Crippen LogP) is 3.35. The molecule has 2 aliphatic carbocycles. The first kappa shape index (κ1) is 10.5. The third-order valence-corrected chi connectivity index (χ3v) is 4.04. The van der Waals surface area contributed by atoms with E-state index < -0.39 is 0 Å². The minimum Gasteiger partial charge on any atom is -0.316 e. The van der Waals surface area contributed by atoms with Crippen LogP contribution in [0.1, 0.15) is 58.3 Å². The highest BCUT2D eigenvalue weighted by molar-refractivity contribution is 4.81. The van der Waals surface area contributed by atoms with Gasteiger partial charge in [-0.2, -0.15) is 0 Å². The monoisotopic (exact) mass is 195 g/mol. The van der Waals surface area contributed by atoms with Crippen LogP contribution < -0.4 is 5.32 Å². The van der Waals surface area contributed by atoms with Crippen molar-refractivity contribution in [2.75, 3.05) is 13.1 Å². The van der Waals surface area contributed by atoms with E-state index in [9.17, 15) is 0 Å². The van der Waals surface area contributed by atoms with Crippen LogP contribution in [0.4, 0.5) is 0 Å². The van der Waals surface area contributed by atoms with Crippen molar-refractivity contribution in [3.8, 4) is 0 Å². The molecule has 0 amide bonds. The van der Waals surface area contributed by atoms with Crippen molar-refractivity contribution in [3.05, 3.63) is 0 Å². The standard InChI is InChI=1S/C13H25N/c1-13(8-3-2-4-9-13)11-14-10-7-12-5-6-12/h12,14H,2-11H2,1H3. The van der Waals surface area contributed by atoms with Crippen LogP contribution in [0.3, 0.4) is 0 Å². The molecule has 0 heterocycles. The van der Waals surface area contributed by atoms with Crippen molar-refractivity contribution < 1.29 is 0 Å². The van der Waals surface area contributed by atoms with Gasteiger partial charge < -0.3 is 5.32 Å². The zero-order valence-corrected chi connectivity index (χ0v) is 9.65. The third-order valence-electron chi connectivity index (χ3n) is 4.04. The fraction of sp³-hybridized carbons (Fsp3) is 1.00. The second kappa shape index (κ2) is 4.65. The molecule has 0 radical (unpaired) electrons. The molecular weight excluding hydrogens is 170 g/mol. The van der Waals surface area contributed by atoms with Crippen molar-refractivity contribution >= 4 is 0 Å². The Morgan fingerprint density at radius 3 is 2.50 bits per heavy atom. The van der Waals surface area contributed by atoms with Gasteiger partial charge in [0.15, 0.2) is 0 Å². The molecular formula is C13H25N. The van der Waals surface area contributed by atoms with E-state index in [-0.39, 0.29) is 0 Å². The van der Waals surface area contributed by atoms with Crippen LogP contribution in [0.25, 0.3) is 0 Å². The van der Waals surface area contributed by atoms with Gasteiger partial charge in [-0.1, -0.05) is 39.0 Å². The van der Waals surface area contributed by atoms with Crippen LogP contribution in [-0.2, 0) is 0 Å². The van der Waals surface area contributed by atoms with E-state index in [0.29, 0.717) is 5.41 Å². The highest BCUT2D eigenvalue weighted by atomic mass is 14.9. The molecule has 0 unspecified atom stereocenters. The largest absolute Gasteiger partial charge is 0.316 e. The lowest BCUT2D eigenvalue weighted by atomic mass is 9.76. The summed E-state index contributed by atoms with van der Waals surface area (Å²) in [7, 11) is 0. The van der Waals surface area contributed by atoms with E-state index in [1.54, 1.807) is 0 Å². The molecule has 2 saturated carbocycles. The van der Waals surface area contributed by atoms with Crippen LogP contribution in [0.5, 0.6) is 0 Å². The average molecular weight is 195 g/mol. The van der Waals surface area contributed by atoms with Gasteiger partial charge >= 0.3 is 0 Å². The van der Waals surface area contributed by atoms with Gasteiger partial charge in [0, 0.05) is 6.54 Å². The molecule has 0 saturated heterocycles. The lowest BCUT2D eigenvalue weighted by Crippen LogP contribution is -2.34. The number of rotatable bonds is 5. The molecule has 2 aliphatic rings. The van der Waals surface area contributed by atoms with Crippen LogP contribution in [-0.4, -0.2) is 13.1 Å². The molecule has 2 fully saturated rings. The van der Waals surface area contributed by atoms with Gasteiger partial charge in [-0.15, -0.1) is 0 Å². The molecule has 0 aromatic carbocycles. The Kier molecular flexibility index (Phi) is 3.48. The SMILES string of the molecule is CC1(CNCCC2CC2)CCCCC1. The Morgan fingerprint density at radius 2 is 1.86 bits per heavy atom. The van der Waals surface area contributed by atoms with Crippen molar-refractivity contribution in [1.29, 1.82) is 0 Å². The Balaban J connectivity index is 1.57. The predicted molar refractivity (Wildman–Crippen MR) is 61.4 cm³/mol. The number of nitrogens with one attached hydrogen (secondary N) is 1. The molecule has 1 N–H and O–H groups in total. The second-order valence-corrected chi connectivity index (χ2v) is 5.78. The van der Waals surface area contributed by atoms with Gasteiger partial charge in [0.2, 0.25) is 0 Å². The molecule has 1 nitrogen and oxygen atoms in total. The van der Waals surface area contributed by atoms with Crippen molar-refractivity contribution in [3.63, 3.8) is 0 Å². The normalized spacial score (nSPS) is 26.4. The Hall–Kier alpha value is -0.0400. The van der Waals surface area contributed by atoms with Crippen molar-refractivity contribution in [2.24, 2.45) is 11.3 Å². The highest BCUT2D eigenvalue weighted by Gasteiger charge is 2.26. The van der Waals surface area contributed by atoms with Gasteiger partial charge in [0.05, 0.1) is 0 Å². The van der Waals surface area contributed by atoms with Crippen LogP contribution >= 0.6 is 0 Å². The highest BCUT2D eigenvalue weighted by Crippen LogP contribution is 2.35. The number of hydrogen-bond acceptors (Lipinski definition) is 1. The fourth-order valence-electron chi connectivity index (χ4n) is 2.68. The Bertz CT molecular complexity index is 166. The average Bonchev–Trinajstić information content (AvgIpc) is 2.97. The van der Waals surface area contributed by atoms with Gasteiger partial charge in [-0.3, -0.25) is 0 Å². The summed E-state index contributed by atoms with van der Waals surface area (Å²) in [6.45, 7) is 5.00. The summed E-state index contributed by atoms with van der Waals surface area (Å²) in [5, 5.41) is 3.67. The van der Waals surface area contributed by atoms with Crippen LogP contribution in [0.2, 0.25) is 0 Å². The minimum absolute atomic E-state index is 0.627. The molecule has 82 valence electrons. The van der Waals surface area contributed by atoms with Crippen LogP contribution in [0, 0.1) is 11.3 Å². The van der Waals surface area contributed by atoms with Gasteiger partial charge in [0.25, 0.3) is 0 Å². The van der Waals surface area contributed by atoms with Crippen molar-refractivity contribution in [1.82, 2.24) is 5.32 Å². The second-order valence-electron chi connectivity index (χ2n) is 5.78. The fourth-order valence-corrected chi connectivity index (χ4v) is 2.68. The Morgan fingerprint density at radius 1 is 1.14 bits per heavy atom. The van der Waals surface area contributed by atoms with E-state index in [1.807, 2.05) is 0 Å². The van der Waals surface area contributed by atoms with Gasteiger partial charge in [0.1, 0.15) is 0 Å². The summed E-state index contributed by atoms with van der Waals surface area (Å²) in [6, 6.07) is 0. The molecule has 0 spiro atoms. The maximum atomic E-state index is 3.67. The van der Waals surface area contributed by atoms with Gasteiger partial charge in [-0.05, 0) is 37.1 Å². The molecule has 1 heteroatoms. The summed E-state index contributed by atoms with van der Waals surface area (Å²) in [5.41, 5.74) is 0.627. The van der Waals surface area contributed by atoms with E-state index in [1.165, 1.54) is 64.5 Å². The first-order chi connectivity index (χ1) is 6.79. The van der Waals surface area contributed by atoms with E-state index >= 15 is 0 Å². The van der Waals surface area contributed by atoms with E-state index in [4.69, 9.17) is 0 Å². The summed E-state index contributed by atoms with van der Waals surface area (Å²) in [4.78, 5) is 0. The van der Waals surface area contributed by atoms with E-state index in [2.05, 4.69) is 12.2 Å². The quantitative estimate of drug-likeness (QED) is 0.663. The van der Waals surface area contributed by atoms with E-state index in [0.717, 1.165) is 5.92 Å². The number of hydrogen-bond donors (Lipinski definition) is 1. The minimum atomic E-state index is 0.627. The first-order valence-corrected chi connectivity index (χ1v) is 6.49. The summed E-state index contributed by atoms with van der Waals surface area (Å²) < 4.78 is 0. The lowest BCUT2D eigenvalue weighted by molar-refractivity contribution is 0.208. The topological polar surface area (TPSA) is 12.0 Å². The molecule has 0 aromatic heterocycles. The summed E-state index contributed by atoms with van der Waals surface area (Å²) in [6.07, 6.45) is 11.7. The smallest absolute Gasteiger partial charge is 0.000516 e. The zero-order valence-electron chi connectivity index (χ0n) is 9.65.